The maximum absolute atomic E-state index is 9.69. The Morgan fingerprint density at radius 2 is 2.70 bits per heavy atom. The van der Waals surface area contributed by atoms with Gasteiger partial charge in [-0.2, -0.15) is 0 Å². The highest BCUT2D eigenvalue weighted by Gasteiger charge is 1.97. The minimum atomic E-state index is 0.215. The molecule has 0 atom stereocenters. The van der Waals surface area contributed by atoms with Gasteiger partial charge in [0.1, 0.15) is 0 Å². The van der Waals surface area contributed by atoms with Crippen molar-refractivity contribution >= 4 is 12.0 Å². The first-order valence-corrected chi connectivity index (χ1v) is 2.89. The molecule has 0 fully saturated rings. The first kappa shape index (κ1) is 6.71. The van der Waals surface area contributed by atoms with E-state index in [0.717, 1.165) is 0 Å². The molecule has 0 aliphatic heterocycles. The number of nitrogens with zero attached hydrogens (tertiary/aromatic N) is 2. The molecule has 0 amide bonds. The van der Waals surface area contributed by atoms with Gasteiger partial charge in [-0.15, -0.1) is 4.99 Å². The van der Waals surface area contributed by atoms with E-state index >= 15 is 0 Å². The van der Waals surface area contributed by atoms with Crippen molar-refractivity contribution in [1.82, 2.24) is 4.98 Å². The van der Waals surface area contributed by atoms with Crippen LogP contribution in [0, 0.1) is 0 Å². The van der Waals surface area contributed by atoms with E-state index in [1.807, 2.05) is 6.92 Å². The third-order valence-corrected chi connectivity index (χ3v) is 1.000. The monoisotopic (exact) mass is 138 g/mol. The van der Waals surface area contributed by atoms with E-state index < -0.39 is 0 Å². The summed E-state index contributed by atoms with van der Waals surface area (Å²) >= 11 is 0. The number of isocyanates is 1. The summed E-state index contributed by atoms with van der Waals surface area (Å²) in [6.45, 7) is 1.90. The maximum Gasteiger partial charge on any atom is 0.250 e. The van der Waals surface area contributed by atoms with Gasteiger partial charge in [0, 0.05) is 6.42 Å². The van der Waals surface area contributed by atoms with Gasteiger partial charge in [0.05, 0.1) is 6.20 Å². The van der Waals surface area contributed by atoms with Crippen molar-refractivity contribution in [3.8, 4) is 0 Å². The molecule has 1 aromatic heterocycles. The lowest BCUT2D eigenvalue weighted by Crippen LogP contribution is -1.73. The normalized spacial score (nSPS) is 8.90. The topological polar surface area (TPSA) is 55.5 Å². The molecule has 0 aromatic carbocycles. The number of hydrogen-bond acceptors (Lipinski definition) is 4. The number of hydrogen-bond donors (Lipinski definition) is 0. The number of aryl methyl sites for hydroxylation is 1. The Balaban J connectivity index is 2.87. The third kappa shape index (κ3) is 1.30. The zero-order valence-electron chi connectivity index (χ0n) is 5.50. The van der Waals surface area contributed by atoms with Crippen LogP contribution in [0.4, 0.5) is 5.88 Å². The number of rotatable bonds is 2. The van der Waals surface area contributed by atoms with Crippen molar-refractivity contribution in [3.05, 3.63) is 12.1 Å². The molecule has 10 heavy (non-hydrogen) atoms. The van der Waals surface area contributed by atoms with E-state index in [4.69, 9.17) is 4.42 Å². The van der Waals surface area contributed by atoms with Gasteiger partial charge in [0.2, 0.25) is 12.0 Å². The van der Waals surface area contributed by atoms with Crippen molar-refractivity contribution in [2.45, 2.75) is 13.3 Å². The first-order valence-electron chi connectivity index (χ1n) is 2.89. The largest absolute Gasteiger partial charge is 0.422 e. The Kier molecular flexibility index (Phi) is 1.97. The number of carbonyl (C=O) groups excluding carboxylic acids is 1. The molecule has 0 radical (unpaired) electrons. The third-order valence-electron chi connectivity index (χ3n) is 1.000. The summed E-state index contributed by atoms with van der Waals surface area (Å²) in [6.07, 6.45) is 3.46. The highest BCUT2D eigenvalue weighted by Crippen LogP contribution is 2.11. The number of aromatic nitrogens is 1. The maximum atomic E-state index is 9.69. The van der Waals surface area contributed by atoms with Crippen molar-refractivity contribution in [3.63, 3.8) is 0 Å². The first-order chi connectivity index (χ1) is 4.86. The summed E-state index contributed by atoms with van der Waals surface area (Å²) in [5.74, 6) is 0.792. The number of oxazole rings is 1. The van der Waals surface area contributed by atoms with Crippen LogP contribution in [0.2, 0.25) is 0 Å². The van der Waals surface area contributed by atoms with Crippen LogP contribution in [0.3, 0.4) is 0 Å². The van der Waals surface area contributed by atoms with Crippen LogP contribution in [0.15, 0.2) is 15.6 Å². The molecule has 1 rings (SSSR count). The Morgan fingerprint density at radius 1 is 1.90 bits per heavy atom. The molecule has 1 heterocycles. The van der Waals surface area contributed by atoms with E-state index in [2.05, 4.69) is 9.98 Å². The molecule has 0 aliphatic carbocycles. The fraction of sp³-hybridized carbons (Fsp3) is 0.333. The lowest BCUT2D eigenvalue weighted by molar-refractivity contribution is 0.508. The molecular weight excluding hydrogens is 132 g/mol. The van der Waals surface area contributed by atoms with E-state index in [9.17, 15) is 4.79 Å². The van der Waals surface area contributed by atoms with Crippen LogP contribution in [-0.2, 0) is 11.2 Å². The predicted octanol–water partition coefficient (Wildman–Crippen LogP) is 1.20. The lowest BCUT2D eigenvalue weighted by atomic mass is 10.5. The SMILES string of the molecule is CCc1ncc(N=C=O)o1. The molecule has 0 bridgehead atoms. The molecule has 0 unspecified atom stereocenters. The molecule has 0 saturated heterocycles. The molecule has 0 spiro atoms. The molecule has 4 nitrogen and oxygen atoms in total. The molecule has 1 aromatic rings. The zero-order chi connectivity index (χ0) is 7.40. The highest BCUT2D eigenvalue weighted by molar-refractivity contribution is 5.41. The lowest BCUT2D eigenvalue weighted by Gasteiger charge is -1.80. The van der Waals surface area contributed by atoms with Gasteiger partial charge < -0.3 is 4.42 Å². The highest BCUT2D eigenvalue weighted by atomic mass is 16.4. The second kappa shape index (κ2) is 2.94. The summed E-state index contributed by atoms with van der Waals surface area (Å²) in [5.41, 5.74) is 0. The van der Waals surface area contributed by atoms with E-state index in [1.165, 1.54) is 12.3 Å². The van der Waals surface area contributed by atoms with Crippen LogP contribution in [0.5, 0.6) is 0 Å². The molecular formula is C6H6N2O2. The molecule has 4 heteroatoms. The summed E-state index contributed by atoms with van der Waals surface area (Å²) in [6, 6.07) is 0. The predicted molar refractivity (Wildman–Crippen MR) is 33.7 cm³/mol. The minimum absolute atomic E-state index is 0.215. The fourth-order valence-corrected chi connectivity index (χ4v) is 0.561. The summed E-state index contributed by atoms with van der Waals surface area (Å²) < 4.78 is 4.93. The Hall–Kier alpha value is -1.41. The van der Waals surface area contributed by atoms with Crippen LogP contribution in [0.1, 0.15) is 12.8 Å². The average molecular weight is 138 g/mol. The van der Waals surface area contributed by atoms with Crippen molar-refractivity contribution in [2.24, 2.45) is 4.99 Å². The van der Waals surface area contributed by atoms with E-state index in [0.29, 0.717) is 12.3 Å². The standard InChI is InChI=1S/C6H6N2O2/c1-2-5-7-3-6(10-5)8-4-9/h3H,2H2,1H3. The van der Waals surface area contributed by atoms with Gasteiger partial charge in [-0.3, -0.25) is 0 Å². The molecule has 0 saturated carbocycles. The zero-order valence-corrected chi connectivity index (χ0v) is 5.50. The second-order valence-electron chi connectivity index (χ2n) is 1.65. The van der Waals surface area contributed by atoms with Gasteiger partial charge in [-0.1, -0.05) is 6.92 Å². The van der Waals surface area contributed by atoms with Gasteiger partial charge in [-0.05, 0) is 0 Å². The van der Waals surface area contributed by atoms with Crippen molar-refractivity contribution in [2.75, 3.05) is 0 Å². The Bertz CT molecular complexity index is 260. The summed E-state index contributed by atoms with van der Waals surface area (Å²) in [5, 5.41) is 0. The number of aliphatic imine (C=N–C) groups is 1. The van der Waals surface area contributed by atoms with Gasteiger partial charge in [0.25, 0.3) is 0 Å². The van der Waals surface area contributed by atoms with Crippen LogP contribution in [-0.4, -0.2) is 11.1 Å². The molecule has 0 aliphatic rings. The van der Waals surface area contributed by atoms with Gasteiger partial charge >= 0.3 is 0 Å². The Labute approximate surface area is 57.6 Å². The smallest absolute Gasteiger partial charge is 0.250 e. The second-order valence-corrected chi connectivity index (χ2v) is 1.65. The van der Waals surface area contributed by atoms with E-state index in [-0.39, 0.29) is 5.88 Å². The van der Waals surface area contributed by atoms with Crippen LogP contribution >= 0.6 is 0 Å². The molecule has 52 valence electrons. The van der Waals surface area contributed by atoms with Gasteiger partial charge in [0.15, 0.2) is 5.89 Å². The summed E-state index contributed by atoms with van der Waals surface area (Å²) in [4.78, 5) is 16.7. The van der Waals surface area contributed by atoms with Crippen LogP contribution in [0.25, 0.3) is 0 Å². The minimum Gasteiger partial charge on any atom is -0.422 e. The molecule has 0 N–H and O–H groups in total. The fourth-order valence-electron chi connectivity index (χ4n) is 0.561. The quantitative estimate of drug-likeness (QED) is 0.455. The van der Waals surface area contributed by atoms with E-state index in [1.54, 1.807) is 0 Å². The Morgan fingerprint density at radius 3 is 3.20 bits per heavy atom. The van der Waals surface area contributed by atoms with Crippen molar-refractivity contribution < 1.29 is 9.21 Å². The van der Waals surface area contributed by atoms with Gasteiger partial charge in [-0.25, -0.2) is 9.78 Å². The average Bonchev–Trinajstić information content (AvgIpc) is 2.37. The summed E-state index contributed by atoms with van der Waals surface area (Å²) in [7, 11) is 0. The van der Waals surface area contributed by atoms with Crippen LogP contribution < -0.4 is 0 Å². The van der Waals surface area contributed by atoms with Crippen molar-refractivity contribution in [1.29, 1.82) is 0 Å².